The summed E-state index contributed by atoms with van der Waals surface area (Å²) in [4.78, 5) is 0. The fourth-order valence-corrected chi connectivity index (χ4v) is 2.27. The Balaban J connectivity index is 2.06. The molecule has 1 aliphatic rings. The molecule has 0 saturated heterocycles. The maximum atomic E-state index is 8.83. The third-order valence-electron chi connectivity index (χ3n) is 3.09. The zero-order valence-electron chi connectivity index (χ0n) is 9.29. The molecule has 0 heterocycles. The maximum Gasteiger partial charge on any atom is 0.123 e. The lowest BCUT2D eigenvalue weighted by Gasteiger charge is -2.14. The van der Waals surface area contributed by atoms with E-state index < -0.39 is 0 Å². The number of hydrogen-bond acceptors (Lipinski definition) is 2. The smallest absolute Gasteiger partial charge is 0.123 e. The summed E-state index contributed by atoms with van der Waals surface area (Å²) in [5.74, 6) is 0.839. The normalized spacial score (nSPS) is 16.6. The molecule has 0 amide bonds. The molecule has 0 unspecified atom stereocenters. The van der Waals surface area contributed by atoms with Crippen molar-refractivity contribution in [3.8, 4) is 11.8 Å². The number of ether oxygens (including phenoxy) is 1. The van der Waals surface area contributed by atoms with Crippen LogP contribution in [0.3, 0.4) is 0 Å². The third kappa shape index (κ3) is 2.38. The van der Waals surface area contributed by atoms with E-state index in [4.69, 9.17) is 10.00 Å². The Morgan fingerprint density at radius 3 is 2.81 bits per heavy atom. The zero-order valence-corrected chi connectivity index (χ0v) is 10.9. The van der Waals surface area contributed by atoms with Gasteiger partial charge in [-0.25, -0.2) is 0 Å². The van der Waals surface area contributed by atoms with Crippen molar-refractivity contribution in [1.29, 1.82) is 5.26 Å². The molecule has 0 N–H and O–H groups in total. The minimum Gasteiger partial charge on any atom is -0.493 e. The zero-order chi connectivity index (χ0) is 11.6. The summed E-state index contributed by atoms with van der Waals surface area (Å²) in [7, 11) is 0. The molecule has 0 atom stereocenters. The van der Waals surface area contributed by atoms with Gasteiger partial charge in [0.1, 0.15) is 5.75 Å². The Hall–Kier alpha value is -1.01. The summed E-state index contributed by atoms with van der Waals surface area (Å²) < 4.78 is 5.82. The first-order valence-electron chi connectivity index (χ1n) is 5.39. The molecule has 1 saturated carbocycles. The van der Waals surface area contributed by atoms with Gasteiger partial charge < -0.3 is 4.74 Å². The molecule has 1 fully saturated rings. The van der Waals surface area contributed by atoms with Gasteiger partial charge >= 0.3 is 0 Å². The van der Waals surface area contributed by atoms with Crippen LogP contribution in [0.15, 0.2) is 18.2 Å². The van der Waals surface area contributed by atoms with Crippen LogP contribution in [0.2, 0.25) is 0 Å². The monoisotopic (exact) mass is 279 g/mol. The van der Waals surface area contributed by atoms with Crippen LogP contribution in [0.5, 0.6) is 5.75 Å². The molecule has 0 bridgehead atoms. The number of rotatable bonds is 4. The lowest BCUT2D eigenvalue weighted by Crippen LogP contribution is -2.14. The van der Waals surface area contributed by atoms with Gasteiger partial charge in [0.05, 0.1) is 18.2 Å². The third-order valence-corrected chi connectivity index (χ3v) is 4.28. The van der Waals surface area contributed by atoms with Gasteiger partial charge in [0, 0.05) is 10.7 Å². The quantitative estimate of drug-likeness (QED) is 0.792. The Labute approximate surface area is 104 Å². The summed E-state index contributed by atoms with van der Waals surface area (Å²) >= 11 is 3.52. The molecule has 3 heteroatoms. The van der Waals surface area contributed by atoms with E-state index in [2.05, 4.69) is 22.0 Å². The van der Waals surface area contributed by atoms with Gasteiger partial charge in [0.15, 0.2) is 0 Å². The summed E-state index contributed by atoms with van der Waals surface area (Å²) in [6.07, 6.45) is 2.46. The summed E-state index contributed by atoms with van der Waals surface area (Å²) in [6.45, 7) is 2.75. The molecule has 2 rings (SSSR count). The number of aryl methyl sites for hydroxylation is 1. The molecule has 0 aromatic heterocycles. The van der Waals surface area contributed by atoms with Gasteiger partial charge in [-0.15, -0.1) is 0 Å². The Morgan fingerprint density at radius 2 is 2.25 bits per heavy atom. The van der Waals surface area contributed by atoms with Crippen molar-refractivity contribution in [3.63, 3.8) is 0 Å². The van der Waals surface area contributed by atoms with Crippen LogP contribution >= 0.6 is 15.9 Å². The van der Waals surface area contributed by atoms with Gasteiger partial charge in [-0.2, -0.15) is 5.26 Å². The number of hydrogen-bond donors (Lipinski definition) is 0. The standard InChI is InChI=1S/C13H14BrNO/c1-10-2-3-11(7-15)6-12(10)16-9-13(8-14)4-5-13/h2-3,6H,4-5,8-9H2,1H3. The highest BCUT2D eigenvalue weighted by atomic mass is 79.9. The highest BCUT2D eigenvalue weighted by Gasteiger charge is 2.42. The molecule has 16 heavy (non-hydrogen) atoms. The minimum absolute atomic E-state index is 0.342. The van der Waals surface area contributed by atoms with Crippen molar-refractivity contribution < 1.29 is 4.74 Å². The molecule has 1 aromatic carbocycles. The summed E-state index contributed by atoms with van der Waals surface area (Å²) in [6, 6.07) is 7.70. The van der Waals surface area contributed by atoms with E-state index in [0.29, 0.717) is 11.0 Å². The van der Waals surface area contributed by atoms with Crippen LogP contribution in [0.1, 0.15) is 24.0 Å². The highest BCUT2D eigenvalue weighted by Crippen LogP contribution is 2.47. The summed E-state index contributed by atoms with van der Waals surface area (Å²) in [5, 5.41) is 9.82. The highest BCUT2D eigenvalue weighted by molar-refractivity contribution is 9.09. The van der Waals surface area contributed by atoms with E-state index in [0.717, 1.165) is 23.2 Å². The van der Waals surface area contributed by atoms with Crippen LogP contribution in [0, 0.1) is 23.7 Å². The molecule has 1 aliphatic carbocycles. The second-order valence-electron chi connectivity index (χ2n) is 4.51. The Bertz CT molecular complexity index is 432. The molecule has 1 aromatic rings. The number of halogens is 1. The van der Waals surface area contributed by atoms with Gasteiger partial charge in [0.25, 0.3) is 0 Å². The van der Waals surface area contributed by atoms with Crippen molar-refractivity contribution in [2.45, 2.75) is 19.8 Å². The number of nitriles is 1. The van der Waals surface area contributed by atoms with Crippen molar-refractivity contribution >= 4 is 15.9 Å². The van der Waals surface area contributed by atoms with Crippen LogP contribution in [0.25, 0.3) is 0 Å². The van der Waals surface area contributed by atoms with E-state index in [-0.39, 0.29) is 0 Å². The first-order chi connectivity index (χ1) is 7.69. The average molecular weight is 280 g/mol. The van der Waals surface area contributed by atoms with Crippen LogP contribution in [0.4, 0.5) is 0 Å². The van der Waals surface area contributed by atoms with Gasteiger partial charge in [-0.1, -0.05) is 22.0 Å². The largest absolute Gasteiger partial charge is 0.493 e. The van der Waals surface area contributed by atoms with E-state index in [9.17, 15) is 0 Å². The molecule has 0 aliphatic heterocycles. The predicted octanol–water partition coefficient (Wildman–Crippen LogP) is 3.42. The first kappa shape index (κ1) is 11.5. The SMILES string of the molecule is Cc1ccc(C#N)cc1OCC1(CBr)CC1. The van der Waals surface area contributed by atoms with Crippen molar-refractivity contribution in [1.82, 2.24) is 0 Å². The molecular formula is C13H14BrNO. The van der Waals surface area contributed by atoms with Crippen LogP contribution < -0.4 is 4.74 Å². The lowest BCUT2D eigenvalue weighted by atomic mass is 10.1. The van der Waals surface area contributed by atoms with E-state index >= 15 is 0 Å². The number of nitrogens with zero attached hydrogens (tertiary/aromatic N) is 1. The molecule has 0 spiro atoms. The minimum atomic E-state index is 0.342. The fourth-order valence-electron chi connectivity index (χ4n) is 1.55. The van der Waals surface area contributed by atoms with Crippen molar-refractivity contribution in [2.24, 2.45) is 5.41 Å². The van der Waals surface area contributed by atoms with Gasteiger partial charge in [-0.05, 0) is 37.5 Å². The maximum absolute atomic E-state index is 8.83. The molecular weight excluding hydrogens is 266 g/mol. The van der Waals surface area contributed by atoms with E-state index in [1.165, 1.54) is 12.8 Å². The van der Waals surface area contributed by atoms with Crippen molar-refractivity contribution in [3.05, 3.63) is 29.3 Å². The molecule has 2 nitrogen and oxygen atoms in total. The first-order valence-corrected chi connectivity index (χ1v) is 6.51. The van der Waals surface area contributed by atoms with Gasteiger partial charge in [-0.3, -0.25) is 0 Å². The van der Waals surface area contributed by atoms with Gasteiger partial charge in [0.2, 0.25) is 0 Å². The number of benzene rings is 1. The van der Waals surface area contributed by atoms with E-state index in [1.54, 1.807) is 0 Å². The predicted molar refractivity (Wildman–Crippen MR) is 66.9 cm³/mol. The van der Waals surface area contributed by atoms with Crippen LogP contribution in [-0.4, -0.2) is 11.9 Å². The fraction of sp³-hybridized carbons (Fsp3) is 0.462. The molecule has 0 radical (unpaired) electrons. The van der Waals surface area contributed by atoms with Crippen molar-refractivity contribution in [2.75, 3.05) is 11.9 Å². The molecule has 84 valence electrons. The second-order valence-corrected chi connectivity index (χ2v) is 5.08. The Kier molecular flexibility index (Phi) is 3.20. The Morgan fingerprint density at radius 1 is 1.50 bits per heavy atom. The lowest BCUT2D eigenvalue weighted by molar-refractivity contribution is 0.250. The average Bonchev–Trinajstić information content (AvgIpc) is 3.09. The second kappa shape index (κ2) is 4.47. The summed E-state index contributed by atoms with van der Waals surface area (Å²) in [5.41, 5.74) is 2.09. The van der Waals surface area contributed by atoms with Crippen LogP contribution in [-0.2, 0) is 0 Å². The number of alkyl halides is 1. The van der Waals surface area contributed by atoms with E-state index in [1.807, 2.05) is 25.1 Å². The topological polar surface area (TPSA) is 33.0 Å².